The Bertz CT molecular complexity index is 740. The Balaban J connectivity index is 1.55. The molecule has 4 nitrogen and oxygen atoms in total. The SMILES string of the molecule is O=C(NC(=S)Nc1ccc(N2CCCCC2)cc1)c1ccc(Cl)cc1. The Morgan fingerprint density at radius 1 is 0.960 bits per heavy atom. The van der Waals surface area contributed by atoms with Crippen LogP contribution in [0.2, 0.25) is 5.02 Å². The summed E-state index contributed by atoms with van der Waals surface area (Å²) in [4.78, 5) is 14.5. The molecule has 0 unspecified atom stereocenters. The molecule has 1 amide bonds. The molecular weight excluding hydrogens is 354 g/mol. The van der Waals surface area contributed by atoms with Gasteiger partial charge in [0.1, 0.15) is 0 Å². The van der Waals surface area contributed by atoms with Crippen LogP contribution in [-0.2, 0) is 0 Å². The zero-order chi connectivity index (χ0) is 17.6. The largest absolute Gasteiger partial charge is 0.372 e. The monoisotopic (exact) mass is 373 g/mol. The number of halogens is 1. The first-order chi connectivity index (χ1) is 12.1. The van der Waals surface area contributed by atoms with E-state index in [4.69, 9.17) is 23.8 Å². The fourth-order valence-electron chi connectivity index (χ4n) is 2.85. The summed E-state index contributed by atoms with van der Waals surface area (Å²) in [7, 11) is 0. The Kier molecular flexibility index (Phi) is 5.89. The van der Waals surface area contributed by atoms with Gasteiger partial charge >= 0.3 is 0 Å². The third-order valence-electron chi connectivity index (χ3n) is 4.18. The van der Waals surface area contributed by atoms with E-state index in [1.807, 2.05) is 12.1 Å². The van der Waals surface area contributed by atoms with Crippen molar-refractivity contribution in [1.82, 2.24) is 5.32 Å². The molecule has 0 bridgehead atoms. The van der Waals surface area contributed by atoms with Crippen LogP contribution < -0.4 is 15.5 Å². The van der Waals surface area contributed by atoms with Crippen LogP contribution in [0.4, 0.5) is 11.4 Å². The van der Waals surface area contributed by atoms with Gasteiger partial charge in [0.05, 0.1) is 0 Å². The molecule has 25 heavy (non-hydrogen) atoms. The standard InChI is InChI=1S/C19H20ClN3OS/c20-15-6-4-14(5-7-15)18(24)22-19(25)21-16-8-10-17(11-9-16)23-12-2-1-3-13-23/h4-11H,1-3,12-13H2,(H2,21,22,24,25). The Morgan fingerprint density at radius 2 is 1.60 bits per heavy atom. The van der Waals surface area contributed by atoms with Crippen molar-refractivity contribution < 1.29 is 4.79 Å². The molecule has 0 radical (unpaired) electrons. The molecule has 1 aliphatic rings. The van der Waals surface area contributed by atoms with Crippen molar-refractivity contribution in [2.24, 2.45) is 0 Å². The summed E-state index contributed by atoms with van der Waals surface area (Å²) >= 11 is 11.0. The summed E-state index contributed by atoms with van der Waals surface area (Å²) in [5.74, 6) is -0.265. The van der Waals surface area contributed by atoms with Gasteiger partial charge in [-0.05, 0) is 80.0 Å². The summed E-state index contributed by atoms with van der Waals surface area (Å²) in [6, 6.07) is 14.8. The first-order valence-electron chi connectivity index (χ1n) is 8.35. The zero-order valence-electron chi connectivity index (χ0n) is 13.8. The predicted octanol–water partition coefficient (Wildman–Crippen LogP) is 4.46. The van der Waals surface area contributed by atoms with Gasteiger partial charge in [-0.1, -0.05) is 11.6 Å². The van der Waals surface area contributed by atoms with Crippen LogP contribution in [-0.4, -0.2) is 24.1 Å². The number of piperidine rings is 1. The van der Waals surface area contributed by atoms with Crippen molar-refractivity contribution in [3.05, 3.63) is 59.1 Å². The molecule has 0 aliphatic carbocycles. The molecule has 2 aromatic carbocycles. The van der Waals surface area contributed by atoms with Crippen molar-refractivity contribution in [3.63, 3.8) is 0 Å². The number of anilines is 2. The number of rotatable bonds is 3. The second-order valence-corrected chi connectivity index (χ2v) is 6.85. The van der Waals surface area contributed by atoms with E-state index < -0.39 is 0 Å². The van der Waals surface area contributed by atoms with Crippen molar-refractivity contribution in [1.29, 1.82) is 0 Å². The molecule has 1 aliphatic heterocycles. The van der Waals surface area contributed by atoms with Crippen LogP contribution in [0.15, 0.2) is 48.5 Å². The number of carbonyl (C=O) groups excluding carboxylic acids is 1. The van der Waals surface area contributed by atoms with E-state index in [9.17, 15) is 4.79 Å². The second kappa shape index (κ2) is 8.32. The highest BCUT2D eigenvalue weighted by molar-refractivity contribution is 7.80. The highest BCUT2D eigenvalue weighted by atomic mass is 35.5. The van der Waals surface area contributed by atoms with Gasteiger partial charge in [0.2, 0.25) is 0 Å². The van der Waals surface area contributed by atoms with E-state index in [2.05, 4.69) is 27.7 Å². The Labute approximate surface area is 158 Å². The van der Waals surface area contributed by atoms with Crippen LogP contribution in [0.3, 0.4) is 0 Å². The van der Waals surface area contributed by atoms with Crippen molar-refractivity contribution in [2.45, 2.75) is 19.3 Å². The van der Waals surface area contributed by atoms with Gasteiger partial charge < -0.3 is 10.2 Å². The molecule has 0 saturated carbocycles. The quantitative estimate of drug-likeness (QED) is 0.780. The first kappa shape index (κ1) is 17.7. The summed E-state index contributed by atoms with van der Waals surface area (Å²) < 4.78 is 0. The third-order valence-corrected chi connectivity index (χ3v) is 4.64. The molecule has 1 saturated heterocycles. The van der Waals surface area contributed by atoms with E-state index in [0.29, 0.717) is 10.6 Å². The molecule has 0 aromatic heterocycles. The highest BCUT2D eigenvalue weighted by Gasteiger charge is 2.11. The van der Waals surface area contributed by atoms with Crippen LogP contribution >= 0.6 is 23.8 Å². The van der Waals surface area contributed by atoms with Gasteiger partial charge in [0.15, 0.2) is 5.11 Å². The summed E-state index contributed by atoms with van der Waals surface area (Å²) in [6.45, 7) is 2.23. The summed E-state index contributed by atoms with van der Waals surface area (Å²) in [6.07, 6.45) is 3.82. The fourth-order valence-corrected chi connectivity index (χ4v) is 3.18. The molecule has 130 valence electrons. The molecular formula is C19H20ClN3OS. The summed E-state index contributed by atoms with van der Waals surface area (Å²) in [5, 5.41) is 6.57. The third kappa shape index (κ3) is 4.94. The maximum Gasteiger partial charge on any atom is 0.257 e. The van der Waals surface area contributed by atoms with Gasteiger partial charge in [0.25, 0.3) is 5.91 Å². The van der Waals surface area contributed by atoms with Crippen LogP contribution in [0.5, 0.6) is 0 Å². The number of hydrogen-bond donors (Lipinski definition) is 2. The van der Waals surface area contributed by atoms with E-state index in [-0.39, 0.29) is 11.0 Å². The van der Waals surface area contributed by atoms with Gasteiger partial charge in [-0.25, -0.2) is 0 Å². The lowest BCUT2D eigenvalue weighted by atomic mass is 10.1. The van der Waals surface area contributed by atoms with Crippen molar-refractivity contribution in [3.8, 4) is 0 Å². The second-order valence-electron chi connectivity index (χ2n) is 6.01. The average Bonchev–Trinajstić information content (AvgIpc) is 2.63. The fraction of sp³-hybridized carbons (Fsp3) is 0.263. The molecule has 2 aromatic rings. The number of carbonyl (C=O) groups is 1. The normalized spacial score (nSPS) is 14.0. The lowest BCUT2D eigenvalue weighted by molar-refractivity contribution is 0.0978. The van der Waals surface area contributed by atoms with E-state index in [0.717, 1.165) is 18.8 Å². The van der Waals surface area contributed by atoms with Gasteiger partial charge in [-0.2, -0.15) is 0 Å². The van der Waals surface area contributed by atoms with E-state index >= 15 is 0 Å². The van der Waals surface area contributed by atoms with Gasteiger partial charge in [-0.15, -0.1) is 0 Å². The lowest BCUT2D eigenvalue weighted by Gasteiger charge is -2.28. The Hall–Kier alpha value is -2.11. The minimum Gasteiger partial charge on any atom is -0.372 e. The van der Waals surface area contributed by atoms with Crippen LogP contribution in [0, 0.1) is 0 Å². The molecule has 1 fully saturated rings. The number of benzene rings is 2. The molecule has 1 heterocycles. The van der Waals surface area contributed by atoms with Crippen LogP contribution in [0.25, 0.3) is 0 Å². The number of thiocarbonyl (C=S) groups is 1. The predicted molar refractivity (Wildman–Crippen MR) is 108 cm³/mol. The first-order valence-corrected chi connectivity index (χ1v) is 9.13. The number of nitrogens with one attached hydrogen (secondary N) is 2. The molecule has 2 N–H and O–H groups in total. The number of amides is 1. The minimum atomic E-state index is -0.265. The molecule has 6 heteroatoms. The van der Waals surface area contributed by atoms with Gasteiger partial charge in [0, 0.05) is 35.1 Å². The Morgan fingerprint density at radius 3 is 2.24 bits per heavy atom. The lowest BCUT2D eigenvalue weighted by Crippen LogP contribution is -2.34. The topological polar surface area (TPSA) is 44.4 Å². The maximum atomic E-state index is 12.1. The van der Waals surface area contributed by atoms with E-state index in [1.54, 1.807) is 24.3 Å². The average molecular weight is 374 g/mol. The van der Waals surface area contributed by atoms with Crippen molar-refractivity contribution >= 4 is 46.2 Å². The number of hydrogen-bond acceptors (Lipinski definition) is 3. The maximum absolute atomic E-state index is 12.1. The van der Waals surface area contributed by atoms with E-state index in [1.165, 1.54) is 24.9 Å². The number of nitrogens with zero attached hydrogens (tertiary/aromatic N) is 1. The molecule has 3 rings (SSSR count). The zero-order valence-corrected chi connectivity index (χ0v) is 15.4. The minimum absolute atomic E-state index is 0.265. The molecule has 0 atom stereocenters. The van der Waals surface area contributed by atoms with Gasteiger partial charge in [-0.3, -0.25) is 10.1 Å². The molecule has 0 spiro atoms. The summed E-state index contributed by atoms with van der Waals surface area (Å²) in [5.41, 5.74) is 2.58. The van der Waals surface area contributed by atoms with Crippen molar-refractivity contribution in [2.75, 3.05) is 23.3 Å². The highest BCUT2D eigenvalue weighted by Crippen LogP contribution is 2.21. The smallest absolute Gasteiger partial charge is 0.257 e. The van der Waals surface area contributed by atoms with Crippen LogP contribution in [0.1, 0.15) is 29.6 Å².